The first-order valence-corrected chi connectivity index (χ1v) is 9.58. The second-order valence-electron chi connectivity index (χ2n) is 7.59. The maximum absolute atomic E-state index is 12.7. The van der Waals surface area contributed by atoms with E-state index >= 15 is 0 Å². The molecule has 1 saturated heterocycles. The third kappa shape index (κ3) is 3.06. The monoisotopic (exact) mass is 353 g/mol. The van der Waals surface area contributed by atoms with Gasteiger partial charge in [-0.3, -0.25) is 9.59 Å². The summed E-state index contributed by atoms with van der Waals surface area (Å²) in [5, 5.41) is 5.24. The largest absolute Gasteiger partial charge is 0.352 e. The summed E-state index contributed by atoms with van der Waals surface area (Å²) < 4.78 is 1.97. The van der Waals surface area contributed by atoms with Crippen LogP contribution in [0.1, 0.15) is 68.4 Å². The number of fused-ring (bicyclic) bond motifs is 1. The van der Waals surface area contributed by atoms with E-state index in [1.54, 1.807) is 4.90 Å². The Kier molecular flexibility index (Phi) is 4.59. The molecule has 2 fully saturated rings. The van der Waals surface area contributed by atoms with Gasteiger partial charge in [0, 0.05) is 19.0 Å². The molecule has 1 aliphatic carbocycles. The van der Waals surface area contributed by atoms with Crippen LogP contribution >= 0.6 is 0 Å². The Morgan fingerprint density at radius 2 is 1.96 bits per heavy atom. The molecule has 136 valence electrons. The molecule has 1 unspecified atom stereocenters. The summed E-state index contributed by atoms with van der Waals surface area (Å²) in [7, 11) is 5.43. The van der Waals surface area contributed by atoms with Crippen molar-refractivity contribution < 1.29 is 4.79 Å². The molecule has 4 rings (SSSR count). The minimum Gasteiger partial charge on any atom is -0.352 e. The number of nitrogens with one attached hydrogen (secondary N) is 1. The van der Waals surface area contributed by atoms with E-state index in [4.69, 9.17) is 12.8 Å². The molecule has 1 aliphatic heterocycles. The molecular formula is C18H24BN5O2. The molecule has 26 heavy (non-hydrogen) atoms. The molecular weight excluding hydrogens is 329 g/mol. The topological polar surface area (TPSA) is 83.9 Å². The van der Waals surface area contributed by atoms with Gasteiger partial charge in [-0.2, -0.15) is 5.10 Å². The molecule has 2 aliphatic rings. The zero-order valence-electron chi connectivity index (χ0n) is 15.2. The van der Waals surface area contributed by atoms with Gasteiger partial charge in [0.25, 0.3) is 5.56 Å². The molecule has 1 saturated carbocycles. The summed E-state index contributed by atoms with van der Waals surface area (Å²) in [6, 6.07) is 0.315. The fraction of sp³-hybridized carbons (Fsp3) is 0.667. The van der Waals surface area contributed by atoms with E-state index in [2.05, 4.69) is 10.1 Å². The fourth-order valence-corrected chi connectivity index (χ4v) is 4.40. The van der Waals surface area contributed by atoms with Gasteiger partial charge in [0.15, 0.2) is 11.5 Å². The van der Waals surface area contributed by atoms with Crippen molar-refractivity contribution in [2.75, 3.05) is 13.1 Å². The van der Waals surface area contributed by atoms with Crippen LogP contribution < -0.4 is 5.56 Å². The number of piperidine rings is 1. The van der Waals surface area contributed by atoms with Crippen LogP contribution in [-0.4, -0.2) is 51.4 Å². The van der Waals surface area contributed by atoms with Crippen molar-refractivity contribution in [1.29, 1.82) is 0 Å². The first-order chi connectivity index (χ1) is 12.5. The number of aromatic amines is 1. The van der Waals surface area contributed by atoms with E-state index in [-0.39, 0.29) is 11.5 Å². The number of carbonyl (C=O) groups is 1. The molecule has 8 heteroatoms. The highest BCUT2D eigenvalue weighted by Crippen LogP contribution is 2.31. The molecule has 0 spiro atoms. The van der Waals surface area contributed by atoms with Crippen molar-refractivity contribution >= 4 is 24.7 Å². The van der Waals surface area contributed by atoms with E-state index in [0.29, 0.717) is 36.0 Å². The lowest BCUT2D eigenvalue weighted by Gasteiger charge is -2.32. The minimum atomic E-state index is -0.416. The number of H-pyrrole nitrogens is 1. The number of aromatic nitrogens is 4. The predicted octanol–water partition coefficient (Wildman–Crippen LogP) is 2.40. The highest BCUT2D eigenvalue weighted by molar-refractivity contribution is 6.56. The highest BCUT2D eigenvalue weighted by atomic mass is 16.1. The lowest BCUT2D eigenvalue weighted by molar-refractivity contribution is 0.201. The van der Waals surface area contributed by atoms with E-state index in [0.717, 1.165) is 31.4 Å². The number of amides is 1. The Bertz CT molecular complexity index is 884. The van der Waals surface area contributed by atoms with Gasteiger partial charge in [-0.15, -0.1) is 0 Å². The number of rotatable bonds is 2. The number of hydrogen-bond acceptors (Lipinski definition) is 4. The molecule has 2 aromatic heterocycles. The fourth-order valence-electron chi connectivity index (χ4n) is 4.40. The number of likely N-dealkylation sites (tertiary alicyclic amines) is 1. The van der Waals surface area contributed by atoms with Crippen LogP contribution in [0.5, 0.6) is 0 Å². The summed E-state index contributed by atoms with van der Waals surface area (Å²) >= 11 is 0. The third-order valence-electron chi connectivity index (χ3n) is 5.80. The predicted molar refractivity (Wildman–Crippen MR) is 99.7 cm³/mol. The van der Waals surface area contributed by atoms with Crippen LogP contribution in [0.25, 0.3) is 11.0 Å². The third-order valence-corrected chi connectivity index (χ3v) is 5.80. The van der Waals surface area contributed by atoms with Gasteiger partial charge in [0.05, 0.1) is 11.7 Å². The summed E-state index contributed by atoms with van der Waals surface area (Å²) in [6.45, 7) is 3.03. The molecule has 7 nitrogen and oxygen atoms in total. The number of aryl methyl sites for hydroxylation is 1. The molecule has 2 radical (unpaired) electrons. The average molecular weight is 353 g/mol. The minimum absolute atomic E-state index is 0.00311. The van der Waals surface area contributed by atoms with E-state index in [1.165, 1.54) is 19.3 Å². The quantitative estimate of drug-likeness (QED) is 0.841. The molecule has 2 aromatic rings. The van der Waals surface area contributed by atoms with Crippen LogP contribution in [0.3, 0.4) is 0 Å². The van der Waals surface area contributed by atoms with Gasteiger partial charge in [-0.05, 0) is 32.6 Å². The Labute approximate surface area is 153 Å². The Balaban J connectivity index is 1.75. The molecule has 1 atom stereocenters. The van der Waals surface area contributed by atoms with Crippen molar-refractivity contribution in [1.82, 2.24) is 24.6 Å². The molecule has 1 amide bonds. The Morgan fingerprint density at radius 1 is 1.19 bits per heavy atom. The van der Waals surface area contributed by atoms with Crippen molar-refractivity contribution in [2.45, 2.75) is 63.8 Å². The Morgan fingerprint density at radius 3 is 2.69 bits per heavy atom. The molecule has 0 aromatic carbocycles. The van der Waals surface area contributed by atoms with Crippen molar-refractivity contribution in [3.63, 3.8) is 0 Å². The number of nitrogens with zero attached hydrogens (tertiary/aromatic N) is 4. The summed E-state index contributed by atoms with van der Waals surface area (Å²) in [4.78, 5) is 33.6. The zero-order chi connectivity index (χ0) is 18.3. The smallest absolute Gasteiger partial charge is 0.262 e. The van der Waals surface area contributed by atoms with E-state index in [9.17, 15) is 9.59 Å². The van der Waals surface area contributed by atoms with Gasteiger partial charge in [-0.25, -0.2) is 9.67 Å². The SMILES string of the molecule is [B]C(=O)N1CCCC(c2nc3c(c(C)nn3C3CCCCC3)c(=O)[nH]2)C1. The average Bonchev–Trinajstić information content (AvgIpc) is 2.99. The lowest BCUT2D eigenvalue weighted by atomic mass is 9.94. The van der Waals surface area contributed by atoms with Crippen molar-refractivity contribution in [3.8, 4) is 0 Å². The molecule has 1 N–H and O–H groups in total. The maximum Gasteiger partial charge on any atom is 0.262 e. The first kappa shape index (κ1) is 17.3. The Hall–Kier alpha value is -2.12. The van der Waals surface area contributed by atoms with Crippen molar-refractivity contribution in [3.05, 3.63) is 21.9 Å². The van der Waals surface area contributed by atoms with Gasteiger partial charge in [-0.1, -0.05) is 19.3 Å². The van der Waals surface area contributed by atoms with E-state index < -0.39 is 5.81 Å². The van der Waals surface area contributed by atoms with Gasteiger partial charge in [0.1, 0.15) is 11.2 Å². The summed E-state index contributed by atoms with van der Waals surface area (Å²) in [6.07, 6.45) is 7.55. The van der Waals surface area contributed by atoms with Crippen LogP contribution in [0.2, 0.25) is 0 Å². The van der Waals surface area contributed by atoms with E-state index in [1.807, 2.05) is 11.6 Å². The van der Waals surface area contributed by atoms with Gasteiger partial charge < -0.3 is 9.88 Å². The number of carbonyl (C=O) groups excluding carboxylic acids is 1. The zero-order valence-corrected chi connectivity index (χ0v) is 15.2. The molecule has 0 bridgehead atoms. The standard InChI is InChI=1S/C18H24BN5O2/c1-11-14-16(24(22-11)13-7-3-2-4-8-13)20-15(21-17(14)25)12-6-5-9-23(10-12)18(19)26/h12-13H,2-10H2,1H3,(H,20,21,25). The van der Waals surface area contributed by atoms with Crippen LogP contribution in [-0.2, 0) is 0 Å². The summed E-state index contributed by atoms with van der Waals surface area (Å²) in [5.41, 5.74) is 1.28. The van der Waals surface area contributed by atoms with Crippen molar-refractivity contribution in [2.24, 2.45) is 0 Å². The normalized spacial score (nSPS) is 22.0. The molecule has 3 heterocycles. The maximum atomic E-state index is 12.7. The lowest BCUT2D eigenvalue weighted by Crippen LogP contribution is -2.39. The van der Waals surface area contributed by atoms with Crippen LogP contribution in [0.4, 0.5) is 4.79 Å². The van der Waals surface area contributed by atoms with Crippen LogP contribution in [0.15, 0.2) is 4.79 Å². The first-order valence-electron chi connectivity index (χ1n) is 9.58. The second kappa shape index (κ2) is 6.89. The summed E-state index contributed by atoms with van der Waals surface area (Å²) in [5.74, 6) is 0.231. The number of hydrogen-bond donors (Lipinski definition) is 1. The van der Waals surface area contributed by atoms with Gasteiger partial charge >= 0.3 is 0 Å². The highest BCUT2D eigenvalue weighted by Gasteiger charge is 2.27. The van der Waals surface area contributed by atoms with Gasteiger partial charge in [0.2, 0.25) is 7.85 Å². The van der Waals surface area contributed by atoms with Crippen LogP contribution in [0, 0.1) is 6.92 Å². The second-order valence-corrected chi connectivity index (χ2v) is 7.59.